The molecule has 3 heteroatoms. The molecule has 0 spiro atoms. The van der Waals surface area contributed by atoms with E-state index in [1.165, 1.54) is 12.1 Å². The van der Waals surface area contributed by atoms with E-state index in [2.05, 4.69) is 0 Å². The second-order valence-corrected chi connectivity index (χ2v) is 4.62. The molecule has 0 aliphatic heterocycles. The number of halogens is 3. The largest absolute Gasteiger partial charge is 0.203 e. The van der Waals surface area contributed by atoms with Crippen molar-refractivity contribution in [1.29, 1.82) is 0 Å². The highest BCUT2D eigenvalue weighted by Crippen LogP contribution is 2.37. The van der Waals surface area contributed by atoms with Gasteiger partial charge in [-0.05, 0) is 16.2 Å². The molecule has 0 aliphatic carbocycles. The van der Waals surface area contributed by atoms with E-state index in [4.69, 9.17) is 0 Å². The third-order valence-corrected chi connectivity index (χ3v) is 3.64. The van der Waals surface area contributed by atoms with Gasteiger partial charge in [0.1, 0.15) is 0 Å². The fourth-order valence-electron chi connectivity index (χ4n) is 2.78. The van der Waals surface area contributed by atoms with Gasteiger partial charge < -0.3 is 0 Å². The molecule has 0 radical (unpaired) electrons. The third-order valence-electron chi connectivity index (χ3n) is 3.64. The number of rotatable bonds is 0. The SMILES string of the molecule is Fc1c(F)c2ccc3cccc4ccc(c1F)c2c34. The van der Waals surface area contributed by atoms with E-state index in [0.717, 1.165) is 16.2 Å². The molecule has 0 saturated heterocycles. The van der Waals surface area contributed by atoms with Crippen molar-refractivity contribution in [2.45, 2.75) is 0 Å². The van der Waals surface area contributed by atoms with Gasteiger partial charge in [0.25, 0.3) is 0 Å². The average Bonchev–Trinajstić information content (AvgIpc) is 2.45. The minimum Gasteiger partial charge on any atom is -0.203 e. The Hall–Kier alpha value is -2.29. The van der Waals surface area contributed by atoms with E-state index < -0.39 is 17.5 Å². The summed E-state index contributed by atoms with van der Waals surface area (Å²) in [5.74, 6) is -3.66. The summed E-state index contributed by atoms with van der Waals surface area (Å²) in [5.41, 5.74) is 0. The van der Waals surface area contributed by atoms with Gasteiger partial charge in [0.2, 0.25) is 0 Å². The monoisotopic (exact) mass is 256 g/mol. The van der Waals surface area contributed by atoms with Gasteiger partial charge in [-0.15, -0.1) is 0 Å². The molecule has 4 aromatic carbocycles. The van der Waals surface area contributed by atoms with Crippen molar-refractivity contribution in [3.05, 3.63) is 59.9 Å². The number of hydrogen-bond donors (Lipinski definition) is 0. The van der Waals surface area contributed by atoms with Crippen LogP contribution in [0.3, 0.4) is 0 Å². The standard InChI is InChI=1S/C16H7F3/c17-14-10-6-4-8-2-1-3-9-5-7-11(13(10)12(8)9)15(18)16(14)19/h1-7H. The van der Waals surface area contributed by atoms with Gasteiger partial charge in [-0.3, -0.25) is 0 Å². The average molecular weight is 256 g/mol. The highest BCUT2D eigenvalue weighted by molar-refractivity contribution is 6.23. The Labute approximate surface area is 106 Å². The molecule has 0 heterocycles. The van der Waals surface area contributed by atoms with Crippen LogP contribution in [-0.4, -0.2) is 0 Å². The molecule has 0 bridgehead atoms. The zero-order valence-corrected chi connectivity index (χ0v) is 9.68. The lowest BCUT2D eigenvalue weighted by molar-refractivity contribution is 0.458. The van der Waals surface area contributed by atoms with E-state index in [-0.39, 0.29) is 10.8 Å². The van der Waals surface area contributed by atoms with Crippen LogP contribution in [0.25, 0.3) is 32.3 Å². The van der Waals surface area contributed by atoms with E-state index in [1.54, 1.807) is 12.1 Å². The summed E-state index contributed by atoms with van der Waals surface area (Å²) in [6.07, 6.45) is 0. The predicted octanol–water partition coefficient (Wildman–Crippen LogP) is 5.00. The maximum absolute atomic E-state index is 13.9. The highest BCUT2D eigenvalue weighted by atomic mass is 19.2. The first-order valence-corrected chi connectivity index (χ1v) is 5.88. The molecule has 4 aromatic rings. The molecule has 0 aliphatic rings. The summed E-state index contributed by atoms with van der Waals surface area (Å²) in [6, 6.07) is 12.1. The van der Waals surface area contributed by atoms with Crippen molar-refractivity contribution >= 4 is 32.3 Å². The van der Waals surface area contributed by atoms with Gasteiger partial charge in [0, 0.05) is 16.2 Å². The quantitative estimate of drug-likeness (QED) is 0.307. The van der Waals surface area contributed by atoms with Crippen LogP contribution in [0.4, 0.5) is 13.2 Å². The Bertz CT molecular complexity index is 871. The maximum atomic E-state index is 13.9. The Balaban J connectivity index is 2.47. The lowest BCUT2D eigenvalue weighted by Crippen LogP contribution is -1.96. The Morgan fingerprint density at radius 2 is 1.05 bits per heavy atom. The molecule has 0 nitrogen and oxygen atoms in total. The van der Waals surface area contributed by atoms with Crippen LogP contribution in [0.15, 0.2) is 42.5 Å². The zero-order chi connectivity index (χ0) is 13.1. The second-order valence-electron chi connectivity index (χ2n) is 4.62. The number of hydrogen-bond acceptors (Lipinski definition) is 0. The Kier molecular flexibility index (Phi) is 1.89. The van der Waals surface area contributed by atoms with Crippen molar-refractivity contribution < 1.29 is 13.2 Å². The van der Waals surface area contributed by atoms with Crippen molar-refractivity contribution in [3.63, 3.8) is 0 Å². The van der Waals surface area contributed by atoms with Gasteiger partial charge >= 0.3 is 0 Å². The summed E-state index contributed by atoms with van der Waals surface area (Å²) in [4.78, 5) is 0. The molecule has 19 heavy (non-hydrogen) atoms. The molecule has 0 amide bonds. The second kappa shape index (κ2) is 3.38. The molecule has 0 atom stereocenters. The van der Waals surface area contributed by atoms with Crippen LogP contribution in [0, 0.1) is 17.5 Å². The van der Waals surface area contributed by atoms with Crippen molar-refractivity contribution in [2.75, 3.05) is 0 Å². The van der Waals surface area contributed by atoms with Gasteiger partial charge in [0.15, 0.2) is 17.5 Å². The topological polar surface area (TPSA) is 0 Å². The lowest BCUT2D eigenvalue weighted by atomic mass is 9.94. The van der Waals surface area contributed by atoms with Crippen LogP contribution < -0.4 is 0 Å². The van der Waals surface area contributed by atoms with Gasteiger partial charge in [0.05, 0.1) is 0 Å². The molecule has 92 valence electrons. The van der Waals surface area contributed by atoms with E-state index in [9.17, 15) is 13.2 Å². The molecular weight excluding hydrogens is 249 g/mol. The first-order valence-electron chi connectivity index (χ1n) is 5.88. The van der Waals surface area contributed by atoms with Crippen LogP contribution in [0.1, 0.15) is 0 Å². The molecule has 0 saturated carbocycles. The first-order chi connectivity index (χ1) is 9.18. The third kappa shape index (κ3) is 1.19. The van der Waals surface area contributed by atoms with Gasteiger partial charge in [-0.1, -0.05) is 42.5 Å². The number of benzene rings is 4. The predicted molar refractivity (Wildman–Crippen MR) is 70.0 cm³/mol. The normalized spacial score (nSPS) is 11.9. The molecular formula is C16H7F3. The minimum absolute atomic E-state index is 0.123. The highest BCUT2D eigenvalue weighted by Gasteiger charge is 2.19. The van der Waals surface area contributed by atoms with Gasteiger partial charge in [-0.25, -0.2) is 13.2 Å². The summed E-state index contributed by atoms with van der Waals surface area (Å²) < 4.78 is 41.3. The molecule has 0 unspecified atom stereocenters. The maximum Gasteiger partial charge on any atom is 0.195 e. The van der Waals surface area contributed by atoms with Crippen LogP contribution in [-0.2, 0) is 0 Å². The van der Waals surface area contributed by atoms with Crippen molar-refractivity contribution in [1.82, 2.24) is 0 Å². The summed E-state index contributed by atoms with van der Waals surface area (Å²) in [5, 5.41) is 3.25. The summed E-state index contributed by atoms with van der Waals surface area (Å²) >= 11 is 0. The fraction of sp³-hybridized carbons (Fsp3) is 0. The molecule has 0 N–H and O–H groups in total. The van der Waals surface area contributed by atoms with E-state index in [1.807, 2.05) is 18.2 Å². The first kappa shape index (κ1) is 10.6. The molecule has 0 fully saturated rings. The summed E-state index contributed by atoms with van der Waals surface area (Å²) in [7, 11) is 0. The lowest BCUT2D eigenvalue weighted by Gasteiger charge is -2.12. The van der Waals surface area contributed by atoms with Crippen LogP contribution >= 0.6 is 0 Å². The van der Waals surface area contributed by atoms with Crippen LogP contribution in [0.5, 0.6) is 0 Å². The van der Waals surface area contributed by atoms with Crippen molar-refractivity contribution in [3.8, 4) is 0 Å². The fourth-order valence-corrected chi connectivity index (χ4v) is 2.78. The Morgan fingerprint density at radius 1 is 0.526 bits per heavy atom. The Morgan fingerprint density at radius 3 is 1.58 bits per heavy atom. The zero-order valence-electron chi connectivity index (χ0n) is 9.68. The molecule has 4 rings (SSSR count). The van der Waals surface area contributed by atoms with Crippen molar-refractivity contribution in [2.24, 2.45) is 0 Å². The van der Waals surface area contributed by atoms with E-state index >= 15 is 0 Å². The van der Waals surface area contributed by atoms with Crippen LogP contribution in [0.2, 0.25) is 0 Å². The van der Waals surface area contributed by atoms with E-state index in [0.29, 0.717) is 5.39 Å². The molecule has 0 aromatic heterocycles. The smallest absolute Gasteiger partial charge is 0.195 e. The van der Waals surface area contributed by atoms with Gasteiger partial charge in [-0.2, -0.15) is 0 Å². The summed E-state index contributed by atoms with van der Waals surface area (Å²) in [6.45, 7) is 0. The minimum atomic E-state index is -1.41.